The van der Waals surface area contributed by atoms with Crippen LogP contribution in [0.25, 0.3) is 10.9 Å². The van der Waals surface area contributed by atoms with Crippen LogP contribution in [0, 0.1) is 0 Å². The Hall–Kier alpha value is -3.08. The summed E-state index contributed by atoms with van der Waals surface area (Å²) in [6.45, 7) is 1.34. The first kappa shape index (κ1) is 21.2. The third-order valence-electron chi connectivity index (χ3n) is 4.92. The molecular formula is C20H17F3N4O3S. The molecule has 1 aromatic carbocycles. The van der Waals surface area contributed by atoms with E-state index < -0.39 is 29.2 Å². The van der Waals surface area contributed by atoms with Crippen molar-refractivity contribution in [3.63, 3.8) is 0 Å². The number of amides is 1. The molecule has 3 aromatic rings. The van der Waals surface area contributed by atoms with Crippen LogP contribution in [0.5, 0.6) is 0 Å². The number of hydrogen-bond acceptors (Lipinski definition) is 7. The van der Waals surface area contributed by atoms with E-state index in [-0.39, 0.29) is 16.5 Å². The maximum atomic E-state index is 13.0. The van der Waals surface area contributed by atoms with Gasteiger partial charge in [0.05, 0.1) is 11.1 Å². The monoisotopic (exact) mass is 450 g/mol. The van der Waals surface area contributed by atoms with Crippen molar-refractivity contribution in [1.82, 2.24) is 15.2 Å². The van der Waals surface area contributed by atoms with Gasteiger partial charge in [-0.15, -0.1) is 10.2 Å². The van der Waals surface area contributed by atoms with Crippen molar-refractivity contribution in [2.75, 3.05) is 5.32 Å². The van der Waals surface area contributed by atoms with Gasteiger partial charge in [-0.05, 0) is 44.2 Å². The summed E-state index contributed by atoms with van der Waals surface area (Å²) in [6, 6.07) is 7.20. The zero-order valence-electron chi connectivity index (χ0n) is 16.3. The molecule has 0 unspecified atom stereocenters. The quantitative estimate of drug-likeness (QED) is 0.600. The molecule has 1 atom stereocenters. The van der Waals surface area contributed by atoms with Gasteiger partial charge in [0.25, 0.3) is 5.91 Å². The molecule has 0 fully saturated rings. The van der Waals surface area contributed by atoms with Crippen LogP contribution in [0.3, 0.4) is 0 Å². The Morgan fingerprint density at radius 1 is 1.16 bits per heavy atom. The molecule has 4 rings (SSSR count). The molecule has 0 radical (unpaired) electrons. The van der Waals surface area contributed by atoms with Crippen LogP contribution >= 0.6 is 11.3 Å². The minimum absolute atomic E-state index is 0.193. The number of pyridine rings is 1. The van der Waals surface area contributed by atoms with Crippen molar-refractivity contribution in [2.24, 2.45) is 0 Å². The lowest BCUT2D eigenvalue weighted by Crippen LogP contribution is -2.30. The highest BCUT2D eigenvalue weighted by atomic mass is 32.1. The van der Waals surface area contributed by atoms with Gasteiger partial charge in [0.1, 0.15) is 0 Å². The molecule has 2 aromatic heterocycles. The van der Waals surface area contributed by atoms with Crippen molar-refractivity contribution in [1.29, 1.82) is 0 Å². The summed E-state index contributed by atoms with van der Waals surface area (Å²) in [7, 11) is 0. The molecule has 7 nitrogen and oxygen atoms in total. The number of aromatic nitrogens is 3. The molecule has 0 bridgehead atoms. The van der Waals surface area contributed by atoms with E-state index in [0.29, 0.717) is 22.9 Å². The number of anilines is 1. The highest BCUT2D eigenvalue weighted by Crippen LogP contribution is 2.33. The first-order valence-corrected chi connectivity index (χ1v) is 10.4. The summed E-state index contributed by atoms with van der Waals surface area (Å²) in [5.74, 6) is -1.47. The normalized spacial score (nSPS) is 14.7. The van der Waals surface area contributed by atoms with Crippen LogP contribution in [0.2, 0.25) is 0 Å². The first-order chi connectivity index (χ1) is 14.7. The van der Waals surface area contributed by atoms with Gasteiger partial charge >= 0.3 is 12.1 Å². The van der Waals surface area contributed by atoms with E-state index >= 15 is 0 Å². The molecule has 0 saturated carbocycles. The molecule has 1 N–H and O–H groups in total. The van der Waals surface area contributed by atoms with Crippen molar-refractivity contribution in [2.45, 2.75) is 44.9 Å². The minimum atomic E-state index is -4.65. The Morgan fingerprint density at radius 2 is 1.90 bits per heavy atom. The molecule has 2 heterocycles. The SMILES string of the molecule is C[C@@H](OC(=O)c1c2c(nc3ccccc13)CCCC2)C(=O)Nc1nnc(C(F)(F)F)s1. The Labute approximate surface area is 178 Å². The van der Waals surface area contributed by atoms with Gasteiger partial charge in [-0.3, -0.25) is 15.1 Å². The van der Waals surface area contributed by atoms with Crippen molar-refractivity contribution < 1.29 is 27.5 Å². The smallest absolute Gasteiger partial charge is 0.445 e. The summed E-state index contributed by atoms with van der Waals surface area (Å²) in [4.78, 5) is 30.0. The standard InChI is InChI=1S/C20H17F3N4O3S/c1-10(16(28)25-19-27-26-18(31-19)20(21,22)23)30-17(29)15-11-6-2-4-8-13(11)24-14-9-5-3-7-12(14)15/h2,4,6,8,10H,3,5,7,9H2,1H3,(H,25,27,28)/t10-/m1/s1. The van der Waals surface area contributed by atoms with E-state index in [2.05, 4.69) is 20.5 Å². The number of rotatable bonds is 4. The number of aryl methyl sites for hydroxylation is 1. The summed E-state index contributed by atoms with van der Waals surface area (Å²) in [5.41, 5.74) is 2.72. The number of hydrogen-bond donors (Lipinski definition) is 1. The van der Waals surface area contributed by atoms with Crippen LogP contribution in [-0.4, -0.2) is 33.2 Å². The molecule has 0 spiro atoms. The topological polar surface area (TPSA) is 94.1 Å². The van der Waals surface area contributed by atoms with Crippen LogP contribution < -0.4 is 5.32 Å². The average molecular weight is 450 g/mol. The third kappa shape index (κ3) is 4.36. The van der Waals surface area contributed by atoms with Crippen molar-refractivity contribution in [3.8, 4) is 0 Å². The van der Waals surface area contributed by atoms with Gasteiger partial charge in [-0.1, -0.05) is 29.5 Å². The van der Waals surface area contributed by atoms with Gasteiger partial charge in [-0.2, -0.15) is 13.2 Å². The van der Waals surface area contributed by atoms with Gasteiger partial charge in [0.2, 0.25) is 10.1 Å². The number of nitrogens with zero attached hydrogens (tertiary/aromatic N) is 3. The molecule has 1 aliphatic carbocycles. The number of benzene rings is 1. The summed E-state index contributed by atoms with van der Waals surface area (Å²) in [5, 5.41) is 7.65. The highest BCUT2D eigenvalue weighted by molar-refractivity contribution is 7.15. The fourth-order valence-electron chi connectivity index (χ4n) is 3.47. The number of para-hydroxylation sites is 1. The number of alkyl halides is 3. The Balaban J connectivity index is 1.55. The largest absolute Gasteiger partial charge is 0.449 e. The Morgan fingerprint density at radius 3 is 2.65 bits per heavy atom. The lowest BCUT2D eigenvalue weighted by molar-refractivity contribution is -0.138. The number of ether oxygens (including phenoxy) is 1. The fraction of sp³-hybridized carbons (Fsp3) is 0.350. The van der Waals surface area contributed by atoms with E-state index in [9.17, 15) is 22.8 Å². The predicted molar refractivity (Wildman–Crippen MR) is 107 cm³/mol. The molecular weight excluding hydrogens is 433 g/mol. The van der Waals surface area contributed by atoms with E-state index in [1.165, 1.54) is 6.92 Å². The lowest BCUT2D eigenvalue weighted by atomic mass is 9.90. The van der Waals surface area contributed by atoms with Crippen LogP contribution in [0.1, 0.15) is 46.4 Å². The van der Waals surface area contributed by atoms with E-state index in [1.807, 2.05) is 12.1 Å². The molecule has 11 heteroatoms. The van der Waals surface area contributed by atoms with Crippen molar-refractivity contribution >= 4 is 39.2 Å². The lowest BCUT2D eigenvalue weighted by Gasteiger charge is -2.21. The van der Waals surface area contributed by atoms with Gasteiger partial charge in [0, 0.05) is 11.1 Å². The molecule has 1 aliphatic rings. The zero-order chi connectivity index (χ0) is 22.2. The number of halogens is 3. The number of fused-ring (bicyclic) bond motifs is 2. The Kier molecular flexibility index (Phi) is 5.61. The molecule has 162 valence electrons. The maximum Gasteiger partial charge on any atom is 0.445 e. The highest BCUT2D eigenvalue weighted by Gasteiger charge is 2.36. The van der Waals surface area contributed by atoms with Crippen molar-refractivity contribution in [3.05, 3.63) is 46.1 Å². The summed E-state index contributed by atoms with van der Waals surface area (Å²) < 4.78 is 43.3. The van der Waals surface area contributed by atoms with Crippen LogP contribution in [0.15, 0.2) is 24.3 Å². The second-order valence-corrected chi connectivity index (χ2v) is 8.06. The minimum Gasteiger partial charge on any atom is -0.449 e. The number of carbonyl (C=O) groups excluding carboxylic acids is 2. The average Bonchev–Trinajstić information content (AvgIpc) is 3.20. The number of carbonyl (C=O) groups is 2. The molecule has 0 aliphatic heterocycles. The molecule has 1 amide bonds. The number of nitrogens with one attached hydrogen (secondary N) is 1. The zero-order valence-corrected chi connectivity index (χ0v) is 17.1. The van der Waals surface area contributed by atoms with Gasteiger partial charge in [0.15, 0.2) is 6.10 Å². The second-order valence-electron chi connectivity index (χ2n) is 7.08. The summed E-state index contributed by atoms with van der Waals surface area (Å²) >= 11 is 0.193. The maximum absolute atomic E-state index is 13.0. The van der Waals surface area contributed by atoms with E-state index in [0.717, 1.165) is 30.5 Å². The predicted octanol–water partition coefficient (Wildman–Crippen LogP) is 4.17. The summed E-state index contributed by atoms with van der Waals surface area (Å²) in [6.07, 6.45) is -2.56. The van der Waals surface area contributed by atoms with Crippen LogP contribution in [-0.2, 0) is 28.5 Å². The third-order valence-corrected chi connectivity index (χ3v) is 5.81. The first-order valence-electron chi connectivity index (χ1n) is 9.57. The van der Waals surface area contributed by atoms with E-state index in [4.69, 9.17) is 4.74 Å². The number of esters is 1. The molecule has 31 heavy (non-hydrogen) atoms. The van der Waals surface area contributed by atoms with Gasteiger partial charge < -0.3 is 4.74 Å². The second kappa shape index (κ2) is 8.22. The fourth-order valence-corrected chi connectivity index (χ4v) is 4.09. The van der Waals surface area contributed by atoms with E-state index in [1.54, 1.807) is 12.1 Å². The Bertz CT molecular complexity index is 1160. The van der Waals surface area contributed by atoms with Gasteiger partial charge in [-0.25, -0.2) is 4.79 Å². The molecule has 0 saturated heterocycles. The van der Waals surface area contributed by atoms with Crippen LogP contribution in [0.4, 0.5) is 18.3 Å².